The van der Waals surface area contributed by atoms with E-state index in [-0.39, 0.29) is 25.7 Å². The average Bonchev–Trinajstić information content (AvgIpc) is 3.31. The van der Waals surface area contributed by atoms with Crippen molar-refractivity contribution in [1.82, 2.24) is 19.4 Å². The number of benzene rings is 1. The van der Waals surface area contributed by atoms with E-state index in [1.54, 1.807) is 0 Å². The highest BCUT2D eigenvalue weighted by molar-refractivity contribution is 7.81. The molecule has 4 rings (SSSR count). The summed E-state index contributed by atoms with van der Waals surface area (Å²) in [5.74, 6) is 1.41. The Labute approximate surface area is 264 Å². The lowest BCUT2D eigenvalue weighted by Crippen LogP contribution is -2.50. The number of hydrogen-bond acceptors (Lipinski definition) is 9. The highest BCUT2D eigenvalue weighted by Crippen LogP contribution is 2.33. The first-order valence-corrected chi connectivity index (χ1v) is 17.3. The molecule has 11 heteroatoms. The van der Waals surface area contributed by atoms with Crippen LogP contribution >= 0.6 is 21.4 Å². The molecule has 0 saturated carbocycles. The zero-order valence-corrected chi connectivity index (χ0v) is 28.8. The topological polar surface area (TPSA) is 98.7 Å². The van der Waals surface area contributed by atoms with Gasteiger partial charge in [-0.3, -0.25) is 9.69 Å². The Morgan fingerprint density at radius 3 is 2.47 bits per heavy atom. The fraction of sp³-hybridized carbons (Fsp3) is 0.656. The molecule has 3 heterocycles. The van der Waals surface area contributed by atoms with Crippen molar-refractivity contribution in [3.05, 3.63) is 24.0 Å². The van der Waals surface area contributed by atoms with Crippen molar-refractivity contribution in [3.63, 3.8) is 0 Å². The molecule has 0 radical (unpaired) electrons. The summed E-state index contributed by atoms with van der Waals surface area (Å²) in [6.45, 7) is 18.2. The number of nitrogen functional groups attached to an aromatic ring is 1. The second-order valence-electron chi connectivity index (χ2n) is 13.0. The minimum atomic E-state index is -0.472. The van der Waals surface area contributed by atoms with Gasteiger partial charge in [0.2, 0.25) is 0 Å². The number of anilines is 2. The standard InChI is InChI=1S/C32H51N6O3PS/c1-7-9-11-26-35-28-29(38(26)14-10-8-2)24-19-23(12-13-25(24)34-30(28)33)37-17-15-36(16-18-37)21-32(6,43)22-40-42-20-27(39)41-31(3,4)5/h12-13,19,42-43H,7-11,14-18,20-22H2,1-6H3,(H2,33,34). The number of fused-ring (bicyclic) bond motifs is 3. The van der Waals surface area contributed by atoms with Crippen LogP contribution in [0.15, 0.2) is 18.2 Å². The number of nitrogens with zero attached hydrogens (tertiary/aromatic N) is 5. The third kappa shape index (κ3) is 9.19. The fourth-order valence-corrected chi connectivity index (χ4v) is 6.71. The summed E-state index contributed by atoms with van der Waals surface area (Å²) >= 11 is 4.91. The number of carbonyl (C=O) groups is 1. The molecule has 1 saturated heterocycles. The fourth-order valence-electron chi connectivity index (χ4n) is 5.61. The second-order valence-corrected chi connectivity index (χ2v) is 15.0. The van der Waals surface area contributed by atoms with Crippen molar-refractivity contribution < 1.29 is 14.1 Å². The average molecular weight is 631 g/mol. The number of hydrogen-bond donors (Lipinski definition) is 2. The highest BCUT2D eigenvalue weighted by atomic mass is 32.1. The number of unbranched alkanes of at least 4 members (excludes halogenated alkanes) is 2. The van der Waals surface area contributed by atoms with Gasteiger partial charge in [-0.05, 0) is 58.7 Å². The van der Waals surface area contributed by atoms with Gasteiger partial charge in [0.15, 0.2) is 5.82 Å². The summed E-state index contributed by atoms with van der Waals surface area (Å²) in [5.41, 5.74) is 10.1. The molecule has 2 aromatic heterocycles. The van der Waals surface area contributed by atoms with Gasteiger partial charge in [-0.2, -0.15) is 12.6 Å². The number of thiol groups is 1. The van der Waals surface area contributed by atoms with Gasteiger partial charge in [0, 0.05) is 70.3 Å². The zero-order valence-electron chi connectivity index (χ0n) is 26.9. The normalized spacial score (nSPS) is 16.5. The number of imidazole rings is 1. The molecule has 0 aliphatic carbocycles. The van der Waals surface area contributed by atoms with Crippen molar-refractivity contribution in [2.45, 2.75) is 90.5 Å². The van der Waals surface area contributed by atoms with E-state index in [0.717, 1.165) is 99.1 Å². The van der Waals surface area contributed by atoms with Crippen molar-refractivity contribution in [2.24, 2.45) is 0 Å². The number of aromatic nitrogens is 3. The molecule has 2 unspecified atom stereocenters. The van der Waals surface area contributed by atoms with E-state index in [1.807, 2.05) is 20.8 Å². The number of nitrogens with two attached hydrogens (primary N) is 1. The van der Waals surface area contributed by atoms with Gasteiger partial charge in [-0.1, -0.05) is 26.7 Å². The molecule has 0 spiro atoms. The summed E-state index contributed by atoms with van der Waals surface area (Å²) in [5, 5.41) is 1.13. The summed E-state index contributed by atoms with van der Waals surface area (Å²) in [7, 11) is 0.0751. The molecule has 2 atom stereocenters. The van der Waals surface area contributed by atoms with Crippen molar-refractivity contribution in [2.75, 3.05) is 56.1 Å². The van der Waals surface area contributed by atoms with Gasteiger partial charge in [-0.15, -0.1) is 0 Å². The first-order valence-electron chi connectivity index (χ1n) is 15.8. The van der Waals surface area contributed by atoms with E-state index in [4.69, 9.17) is 37.6 Å². The van der Waals surface area contributed by atoms with E-state index in [2.05, 4.69) is 53.3 Å². The number of esters is 1. The third-order valence-electron chi connectivity index (χ3n) is 7.68. The van der Waals surface area contributed by atoms with Gasteiger partial charge < -0.3 is 24.5 Å². The van der Waals surface area contributed by atoms with E-state index in [1.165, 1.54) is 5.69 Å². The maximum atomic E-state index is 12.0. The second kappa shape index (κ2) is 14.8. The molecule has 2 N–H and O–H groups in total. The first-order chi connectivity index (χ1) is 20.4. The van der Waals surface area contributed by atoms with Gasteiger partial charge in [0.05, 0.1) is 23.8 Å². The van der Waals surface area contributed by atoms with Gasteiger partial charge in [0.1, 0.15) is 16.9 Å². The van der Waals surface area contributed by atoms with Crippen LogP contribution in [0.2, 0.25) is 0 Å². The Morgan fingerprint density at radius 1 is 1.07 bits per heavy atom. The minimum Gasteiger partial charge on any atom is -0.460 e. The number of pyridine rings is 1. The molecule has 1 fully saturated rings. The van der Waals surface area contributed by atoms with E-state index in [9.17, 15) is 4.79 Å². The summed E-state index contributed by atoms with van der Waals surface area (Å²) in [4.78, 5) is 26.6. The van der Waals surface area contributed by atoms with E-state index in [0.29, 0.717) is 12.4 Å². The monoisotopic (exact) mass is 630 g/mol. The number of aryl methyl sites for hydroxylation is 2. The smallest absolute Gasteiger partial charge is 0.312 e. The van der Waals surface area contributed by atoms with Crippen LogP contribution in [0.25, 0.3) is 21.9 Å². The van der Waals surface area contributed by atoms with Crippen LogP contribution in [-0.4, -0.2) is 81.2 Å². The zero-order chi connectivity index (χ0) is 31.2. The molecular weight excluding hydrogens is 579 g/mol. The number of ether oxygens (including phenoxy) is 1. The number of carbonyl (C=O) groups excluding carboxylic acids is 1. The Bertz CT molecular complexity index is 1380. The summed E-state index contributed by atoms with van der Waals surface area (Å²) in [6.07, 6.45) is 5.71. The lowest BCUT2D eigenvalue weighted by atomic mass is 10.1. The Kier molecular flexibility index (Phi) is 11.6. The van der Waals surface area contributed by atoms with E-state index >= 15 is 0 Å². The van der Waals surface area contributed by atoms with Gasteiger partial charge in [0.25, 0.3) is 0 Å². The van der Waals surface area contributed by atoms with Crippen LogP contribution in [-0.2, 0) is 27.0 Å². The lowest BCUT2D eigenvalue weighted by Gasteiger charge is -2.39. The Balaban J connectivity index is 1.41. The Morgan fingerprint density at radius 2 is 1.79 bits per heavy atom. The predicted octanol–water partition coefficient (Wildman–Crippen LogP) is 6.07. The highest BCUT2D eigenvalue weighted by Gasteiger charge is 2.27. The van der Waals surface area contributed by atoms with Crippen molar-refractivity contribution >= 4 is 60.8 Å². The molecular formula is C32H51N6O3PS. The molecule has 0 amide bonds. The third-order valence-corrected chi connectivity index (χ3v) is 8.73. The number of rotatable bonds is 14. The van der Waals surface area contributed by atoms with Crippen LogP contribution in [0.5, 0.6) is 0 Å². The van der Waals surface area contributed by atoms with Crippen LogP contribution in [0.4, 0.5) is 11.5 Å². The maximum absolute atomic E-state index is 12.0. The van der Waals surface area contributed by atoms with Crippen LogP contribution < -0.4 is 10.6 Å². The molecule has 1 aromatic carbocycles. The molecule has 1 aliphatic heterocycles. The maximum Gasteiger partial charge on any atom is 0.312 e. The molecule has 238 valence electrons. The van der Waals surface area contributed by atoms with Gasteiger partial charge >= 0.3 is 5.97 Å². The SMILES string of the molecule is CCCCc1nc2c(N)nc3ccc(N4CCN(CC(C)(S)COPCC(=O)OC(C)(C)C)CC4)cc3c2n1CCCC. The molecule has 1 aliphatic rings. The quantitative estimate of drug-likeness (QED) is 0.0959. The molecule has 9 nitrogen and oxygen atoms in total. The summed E-state index contributed by atoms with van der Waals surface area (Å²) in [6, 6.07) is 6.56. The molecule has 3 aromatic rings. The van der Waals surface area contributed by atoms with Gasteiger partial charge in [-0.25, -0.2) is 9.97 Å². The van der Waals surface area contributed by atoms with Crippen molar-refractivity contribution in [1.29, 1.82) is 0 Å². The van der Waals surface area contributed by atoms with E-state index < -0.39 is 5.60 Å². The Hall–Kier alpha value is -2.13. The molecule has 43 heavy (non-hydrogen) atoms. The van der Waals surface area contributed by atoms with Crippen LogP contribution in [0.1, 0.15) is 73.1 Å². The minimum absolute atomic E-state index is 0.0751. The number of piperazine rings is 1. The lowest BCUT2D eigenvalue weighted by molar-refractivity contribution is -0.151. The summed E-state index contributed by atoms with van der Waals surface area (Å²) < 4.78 is 13.3. The largest absolute Gasteiger partial charge is 0.460 e. The first kappa shape index (κ1) is 33.8. The van der Waals surface area contributed by atoms with Crippen LogP contribution in [0, 0.1) is 0 Å². The predicted molar refractivity (Wildman–Crippen MR) is 184 cm³/mol. The molecule has 0 bridgehead atoms. The van der Waals surface area contributed by atoms with Crippen LogP contribution in [0.3, 0.4) is 0 Å². The van der Waals surface area contributed by atoms with Crippen molar-refractivity contribution in [3.8, 4) is 0 Å².